The molecule has 0 spiro atoms. The average molecular weight is 462 g/mol. The number of para-hydroxylation sites is 1. The molecule has 4 N–H and O–H groups in total. The van der Waals surface area contributed by atoms with E-state index in [4.69, 9.17) is 16.0 Å². The van der Waals surface area contributed by atoms with Crippen LogP contribution < -0.4 is 16.2 Å². The highest BCUT2D eigenvalue weighted by molar-refractivity contribution is 6.30. The molecular weight excluding hydrogens is 442 g/mol. The standard InChI is InChI=1S/C25H20ClN3O4/c26-15-10-11-20(30)17(12-15)18-13-19(29-28-18)25(32)27-22-16-8-4-5-9-21(16)33-24(22)23(31)14-6-2-1-3-7-14/h1-12,18-19,28-30H,13H2,(H,27,32). The SMILES string of the molecule is O=C(c1ccccc1)c1oc2ccccc2c1NC(=O)C1CC(c2cc(Cl)ccc2O)NN1. The zero-order chi connectivity index (χ0) is 22.9. The number of phenolic OH excluding ortho intramolecular Hbond substituents is 1. The van der Waals surface area contributed by atoms with Gasteiger partial charge in [-0.1, -0.05) is 54.1 Å². The van der Waals surface area contributed by atoms with Crippen LogP contribution in [0.3, 0.4) is 0 Å². The molecule has 166 valence electrons. The molecule has 1 fully saturated rings. The van der Waals surface area contributed by atoms with E-state index in [9.17, 15) is 14.7 Å². The van der Waals surface area contributed by atoms with Gasteiger partial charge in [-0.15, -0.1) is 0 Å². The number of aromatic hydroxyl groups is 1. The van der Waals surface area contributed by atoms with Crippen LogP contribution in [-0.2, 0) is 4.79 Å². The predicted octanol–water partition coefficient (Wildman–Crippen LogP) is 4.57. The van der Waals surface area contributed by atoms with Gasteiger partial charge in [-0.2, -0.15) is 0 Å². The van der Waals surface area contributed by atoms with Gasteiger partial charge in [-0.3, -0.25) is 9.59 Å². The number of nitrogens with one attached hydrogen (secondary N) is 3. The topological polar surface area (TPSA) is 104 Å². The van der Waals surface area contributed by atoms with Crippen molar-refractivity contribution in [3.63, 3.8) is 0 Å². The summed E-state index contributed by atoms with van der Waals surface area (Å²) in [7, 11) is 0. The summed E-state index contributed by atoms with van der Waals surface area (Å²) in [5.41, 5.74) is 7.89. The number of fused-ring (bicyclic) bond motifs is 1. The number of anilines is 1. The Morgan fingerprint density at radius 2 is 1.76 bits per heavy atom. The van der Waals surface area contributed by atoms with Crippen molar-refractivity contribution < 1.29 is 19.1 Å². The molecule has 1 saturated heterocycles. The molecule has 4 aromatic rings. The van der Waals surface area contributed by atoms with E-state index in [2.05, 4.69) is 16.2 Å². The van der Waals surface area contributed by atoms with Crippen LogP contribution in [0, 0.1) is 0 Å². The number of carbonyl (C=O) groups is 2. The lowest BCUT2D eigenvalue weighted by atomic mass is 10.0. The van der Waals surface area contributed by atoms with Crippen LogP contribution in [0.2, 0.25) is 5.02 Å². The summed E-state index contributed by atoms with van der Waals surface area (Å²) < 4.78 is 5.85. The van der Waals surface area contributed by atoms with Gasteiger partial charge in [0.1, 0.15) is 17.4 Å². The molecule has 1 amide bonds. The molecule has 7 nitrogen and oxygen atoms in total. The van der Waals surface area contributed by atoms with Gasteiger partial charge in [0.05, 0.1) is 11.7 Å². The lowest BCUT2D eigenvalue weighted by Gasteiger charge is -2.12. The van der Waals surface area contributed by atoms with Gasteiger partial charge in [-0.25, -0.2) is 10.9 Å². The largest absolute Gasteiger partial charge is 0.508 e. The molecule has 3 aromatic carbocycles. The Morgan fingerprint density at radius 1 is 1.00 bits per heavy atom. The van der Waals surface area contributed by atoms with Crippen LogP contribution in [0.4, 0.5) is 5.69 Å². The van der Waals surface area contributed by atoms with Gasteiger partial charge in [0, 0.05) is 21.5 Å². The zero-order valence-electron chi connectivity index (χ0n) is 17.3. The van der Waals surface area contributed by atoms with Crippen molar-refractivity contribution in [3.05, 3.63) is 94.7 Å². The Hall–Kier alpha value is -3.65. The van der Waals surface area contributed by atoms with Crippen LogP contribution >= 0.6 is 11.6 Å². The first-order chi connectivity index (χ1) is 16.0. The smallest absolute Gasteiger partial charge is 0.243 e. The van der Waals surface area contributed by atoms with Crippen LogP contribution in [0.25, 0.3) is 11.0 Å². The molecule has 33 heavy (non-hydrogen) atoms. The fourth-order valence-electron chi connectivity index (χ4n) is 4.00. The van der Waals surface area contributed by atoms with Crippen molar-refractivity contribution >= 4 is 39.9 Å². The zero-order valence-corrected chi connectivity index (χ0v) is 18.1. The monoisotopic (exact) mass is 461 g/mol. The van der Waals surface area contributed by atoms with E-state index in [1.807, 2.05) is 12.1 Å². The number of hydrazine groups is 1. The molecule has 0 bridgehead atoms. The van der Waals surface area contributed by atoms with Gasteiger partial charge >= 0.3 is 0 Å². The molecule has 1 aromatic heterocycles. The van der Waals surface area contributed by atoms with Gasteiger partial charge in [-0.05, 0) is 36.8 Å². The van der Waals surface area contributed by atoms with E-state index in [0.717, 1.165) is 0 Å². The number of hydrogen-bond donors (Lipinski definition) is 4. The number of phenols is 1. The average Bonchev–Trinajstić information content (AvgIpc) is 3.46. The summed E-state index contributed by atoms with van der Waals surface area (Å²) in [5.74, 6) is -0.483. The van der Waals surface area contributed by atoms with Crippen molar-refractivity contribution in [3.8, 4) is 5.75 Å². The van der Waals surface area contributed by atoms with Crippen molar-refractivity contribution in [2.45, 2.75) is 18.5 Å². The first kappa shape index (κ1) is 21.2. The highest BCUT2D eigenvalue weighted by Gasteiger charge is 2.33. The summed E-state index contributed by atoms with van der Waals surface area (Å²) in [5, 5.41) is 14.2. The number of carbonyl (C=O) groups excluding carboxylic acids is 2. The Kier molecular flexibility index (Phi) is 5.60. The van der Waals surface area contributed by atoms with Crippen LogP contribution in [0.5, 0.6) is 5.75 Å². The minimum absolute atomic E-state index is 0.0748. The minimum Gasteiger partial charge on any atom is -0.508 e. The summed E-state index contributed by atoms with van der Waals surface area (Å²) in [6.07, 6.45) is 0.373. The lowest BCUT2D eigenvalue weighted by molar-refractivity contribution is -0.117. The third-order valence-electron chi connectivity index (χ3n) is 5.67. The fraction of sp³-hybridized carbons (Fsp3) is 0.120. The van der Waals surface area contributed by atoms with E-state index in [0.29, 0.717) is 39.2 Å². The number of furan rings is 1. The highest BCUT2D eigenvalue weighted by Crippen LogP contribution is 2.34. The first-order valence-corrected chi connectivity index (χ1v) is 10.8. The lowest BCUT2D eigenvalue weighted by Crippen LogP contribution is -2.39. The molecule has 5 rings (SSSR count). The summed E-state index contributed by atoms with van der Waals surface area (Å²) in [6.45, 7) is 0. The van der Waals surface area contributed by atoms with Crippen LogP contribution in [0.1, 0.15) is 34.1 Å². The highest BCUT2D eigenvalue weighted by atomic mass is 35.5. The Morgan fingerprint density at radius 3 is 2.58 bits per heavy atom. The van der Waals surface area contributed by atoms with E-state index >= 15 is 0 Å². The van der Waals surface area contributed by atoms with Crippen molar-refractivity contribution in [2.75, 3.05) is 5.32 Å². The first-order valence-electron chi connectivity index (χ1n) is 10.4. The van der Waals surface area contributed by atoms with Gasteiger partial charge in [0.2, 0.25) is 11.7 Å². The molecule has 0 saturated carbocycles. The second kappa shape index (κ2) is 8.71. The molecule has 0 aliphatic carbocycles. The van der Waals surface area contributed by atoms with E-state index < -0.39 is 6.04 Å². The third kappa shape index (κ3) is 4.09. The molecule has 0 radical (unpaired) electrons. The number of benzene rings is 3. The molecule has 1 aliphatic rings. The molecule has 2 heterocycles. The quantitative estimate of drug-likeness (QED) is 0.325. The summed E-state index contributed by atoms with van der Waals surface area (Å²) in [4.78, 5) is 26.3. The van der Waals surface area contributed by atoms with Crippen molar-refractivity contribution in [1.29, 1.82) is 0 Å². The maximum absolute atomic E-state index is 13.1. The molecule has 1 aliphatic heterocycles. The Labute approximate surface area is 194 Å². The maximum Gasteiger partial charge on any atom is 0.243 e. The van der Waals surface area contributed by atoms with Gasteiger partial charge < -0.3 is 14.8 Å². The predicted molar refractivity (Wildman–Crippen MR) is 125 cm³/mol. The molecular formula is C25H20ClN3O4. The van der Waals surface area contributed by atoms with Crippen LogP contribution in [0.15, 0.2) is 77.2 Å². The number of amides is 1. The summed E-state index contributed by atoms with van der Waals surface area (Å²) in [6, 6.07) is 19.8. The normalized spacial score (nSPS) is 17.8. The number of hydrogen-bond acceptors (Lipinski definition) is 6. The van der Waals surface area contributed by atoms with E-state index in [-0.39, 0.29) is 29.2 Å². The Bertz CT molecular complexity index is 1350. The number of ketones is 1. The molecule has 2 atom stereocenters. The van der Waals surface area contributed by atoms with Gasteiger partial charge in [0.25, 0.3) is 0 Å². The molecule has 8 heteroatoms. The van der Waals surface area contributed by atoms with Crippen molar-refractivity contribution in [2.24, 2.45) is 0 Å². The number of rotatable bonds is 5. The molecule has 2 unspecified atom stereocenters. The van der Waals surface area contributed by atoms with Crippen LogP contribution in [-0.4, -0.2) is 22.8 Å². The second-order valence-corrected chi connectivity index (χ2v) is 8.26. The fourth-order valence-corrected chi connectivity index (χ4v) is 4.18. The van der Waals surface area contributed by atoms with Gasteiger partial charge in [0.15, 0.2) is 5.76 Å². The second-order valence-electron chi connectivity index (χ2n) is 7.82. The van der Waals surface area contributed by atoms with Crippen molar-refractivity contribution in [1.82, 2.24) is 10.9 Å². The number of halogens is 1. The minimum atomic E-state index is -0.610. The van der Waals surface area contributed by atoms with E-state index in [1.165, 1.54) is 6.07 Å². The van der Waals surface area contributed by atoms with E-state index in [1.54, 1.807) is 54.6 Å². The Balaban J connectivity index is 1.42. The maximum atomic E-state index is 13.1. The third-order valence-corrected chi connectivity index (χ3v) is 5.91. The summed E-state index contributed by atoms with van der Waals surface area (Å²) >= 11 is 6.06.